The van der Waals surface area contributed by atoms with Gasteiger partial charge < -0.3 is 5.73 Å². The Hall–Kier alpha value is -0.600. The third-order valence-corrected chi connectivity index (χ3v) is 1.97. The van der Waals surface area contributed by atoms with Gasteiger partial charge in [-0.1, -0.05) is 19.9 Å². The van der Waals surface area contributed by atoms with E-state index in [0.717, 1.165) is 11.4 Å². The number of hydrogen-bond donors (Lipinski definition) is 1. The summed E-state index contributed by atoms with van der Waals surface area (Å²) in [6.45, 7) is 6.19. The van der Waals surface area contributed by atoms with Gasteiger partial charge in [-0.15, -0.1) is 12.4 Å². The highest BCUT2D eigenvalue weighted by Gasteiger charge is 2.10. The standard InChI is InChI=1S/C10H16N2.ClH/c1-7(2)10(11)9-6-4-5-8(3)12-9;/h4-7,10H,11H2,1-3H3;1H. The summed E-state index contributed by atoms with van der Waals surface area (Å²) in [5.74, 6) is 0.444. The van der Waals surface area contributed by atoms with Gasteiger partial charge in [-0.2, -0.15) is 0 Å². The highest BCUT2D eigenvalue weighted by molar-refractivity contribution is 5.85. The van der Waals surface area contributed by atoms with Crippen molar-refractivity contribution in [3.63, 3.8) is 0 Å². The van der Waals surface area contributed by atoms with Gasteiger partial charge in [0, 0.05) is 11.7 Å². The molecule has 0 aromatic carbocycles. The van der Waals surface area contributed by atoms with Crippen molar-refractivity contribution in [2.45, 2.75) is 26.8 Å². The quantitative estimate of drug-likeness (QED) is 0.797. The first kappa shape index (κ1) is 12.4. The Kier molecular flexibility index (Phi) is 4.96. The average molecular weight is 201 g/mol. The molecule has 0 spiro atoms. The molecule has 13 heavy (non-hydrogen) atoms. The highest BCUT2D eigenvalue weighted by atomic mass is 35.5. The normalized spacial score (nSPS) is 12.4. The van der Waals surface area contributed by atoms with Crippen LogP contribution in [0, 0.1) is 12.8 Å². The van der Waals surface area contributed by atoms with Gasteiger partial charge in [0.25, 0.3) is 0 Å². The Bertz CT molecular complexity index is 261. The Labute approximate surface area is 86.0 Å². The Morgan fingerprint density at radius 3 is 2.38 bits per heavy atom. The van der Waals surface area contributed by atoms with E-state index in [4.69, 9.17) is 5.73 Å². The lowest BCUT2D eigenvalue weighted by Gasteiger charge is -2.14. The van der Waals surface area contributed by atoms with E-state index in [9.17, 15) is 0 Å². The van der Waals surface area contributed by atoms with E-state index in [-0.39, 0.29) is 18.4 Å². The summed E-state index contributed by atoms with van der Waals surface area (Å²) < 4.78 is 0. The van der Waals surface area contributed by atoms with Gasteiger partial charge in [-0.3, -0.25) is 4.98 Å². The van der Waals surface area contributed by atoms with E-state index in [0.29, 0.717) is 5.92 Å². The van der Waals surface area contributed by atoms with E-state index in [1.807, 2.05) is 25.1 Å². The van der Waals surface area contributed by atoms with Crippen molar-refractivity contribution in [2.75, 3.05) is 0 Å². The van der Waals surface area contributed by atoms with Crippen molar-refractivity contribution in [1.29, 1.82) is 0 Å². The Balaban J connectivity index is 0.00000144. The number of rotatable bonds is 2. The van der Waals surface area contributed by atoms with Crippen LogP contribution in [0.2, 0.25) is 0 Å². The van der Waals surface area contributed by atoms with Crippen molar-refractivity contribution >= 4 is 12.4 Å². The molecule has 1 aromatic heterocycles. The van der Waals surface area contributed by atoms with E-state index >= 15 is 0 Å². The number of nitrogens with two attached hydrogens (primary N) is 1. The zero-order chi connectivity index (χ0) is 9.14. The second kappa shape index (κ2) is 5.20. The number of halogens is 1. The molecule has 0 saturated carbocycles. The fraction of sp³-hybridized carbons (Fsp3) is 0.500. The topological polar surface area (TPSA) is 38.9 Å². The summed E-state index contributed by atoms with van der Waals surface area (Å²) in [5.41, 5.74) is 7.97. The van der Waals surface area contributed by atoms with Crippen LogP contribution < -0.4 is 5.73 Å². The van der Waals surface area contributed by atoms with Gasteiger partial charge in [0.15, 0.2) is 0 Å². The minimum absolute atomic E-state index is 0. The highest BCUT2D eigenvalue weighted by Crippen LogP contribution is 2.16. The number of aryl methyl sites for hydroxylation is 1. The Morgan fingerprint density at radius 1 is 1.31 bits per heavy atom. The van der Waals surface area contributed by atoms with Gasteiger partial charge >= 0.3 is 0 Å². The summed E-state index contributed by atoms with van der Waals surface area (Å²) in [4.78, 5) is 4.37. The average Bonchev–Trinajstić information content (AvgIpc) is 2.03. The molecule has 1 heterocycles. The molecular weight excluding hydrogens is 184 g/mol. The maximum absolute atomic E-state index is 5.94. The van der Waals surface area contributed by atoms with Crippen LogP contribution in [-0.4, -0.2) is 4.98 Å². The molecule has 0 radical (unpaired) electrons. The van der Waals surface area contributed by atoms with Crippen LogP contribution in [0.5, 0.6) is 0 Å². The van der Waals surface area contributed by atoms with Gasteiger partial charge in [0.2, 0.25) is 0 Å². The summed E-state index contributed by atoms with van der Waals surface area (Å²) in [6, 6.07) is 6.03. The summed E-state index contributed by atoms with van der Waals surface area (Å²) in [6.07, 6.45) is 0. The van der Waals surface area contributed by atoms with Crippen LogP contribution in [0.4, 0.5) is 0 Å². The third-order valence-electron chi connectivity index (χ3n) is 1.97. The lowest BCUT2D eigenvalue weighted by Crippen LogP contribution is -2.18. The first-order chi connectivity index (χ1) is 5.61. The number of aromatic nitrogens is 1. The molecular formula is C10H17ClN2. The van der Waals surface area contributed by atoms with Crippen molar-refractivity contribution in [3.8, 4) is 0 Å². The monoisotopic (exact) mass is 200 g/mol. The van der Waals surface area contributed by atoms with E-state index in [2.05, 4.69) is 18.8 Å². The maximum Gasteiger partial charge on any atom is 0.0576 e. The molecule has 0 fully saturated rings. The molecule has 0 saturated heterocycles. The van der Waals surface area contributed by atoms with E-state index in [1.54, 1.807) is 0 Å². The van der Waals surface area contributed by atoms with Crippen LogP contribution in [0.15, 0.2) is 18.2 Å². The molecule has 2 N–H and O–H groups in total. The fourth-order valence-electron chi connectivity index (χ4n) is 1.09. The lowest BCUT2D eigenvalue weighted by atomic mass is 10.0. The molecule has 2 nitrogen and oxygen atoms in total. The summed E-state index contributed by atoms with van der Waals surface area (Å²) in [7, 11) is 0. The first-order valence-corrected chi connectivity index (χ1v) is 4.30. The van der Waals surface area contributed by atoms with Gasteiger partial charge in [-0.25, -0.2) is 0 Å². The minimum Gasteiger partial charge on any atom is -0.322 e. The Morgan fingerprint density at radius 2 is 1.92 bits per heavy atom. The number of pyridine rings is 1. The molecule has 74 valence electrons. The van der Waals surface area contributed by atoms with Crippen LogP contribution in [0.3, 0.4) is 0 Å². The molecule has 0 bridgehead atoms. The molecule has 3 heteroatoms. The predicted molar refractivity (Wildman–Crippen MR) is 58.0 cm³/mol. The zero-order valence-electron chi connectivity index (χ0n) is 8.32. The first-order valence-electron chi connectivity index (χ1n) is 4.30. The molecule has 0 aliphatic rings. The van der Waals surface area contributed by atoms with Crippen LogP contribution in [0.25, 0.3) is 0 Å². The van der Waals surface area contributed by atoms with Crippen LogP contribution in [0.1, 0.15) is 31.3 Å². The van der Waals surface area contributed by atoms with Gasteiger partial charge in [-0.05, 0) is 25.0 Å². The smallest absolute Gasteiger partial charge is 0.0576 e. The second-order valence-electron chi connectivity index (χ2n) is 3.47. The fourth-order valence-corrected chi connectivity index (χ4v) is 1.09. The largest absolute Gasteiger partial charge is 0.322 e. The SMILES string of the molecule is Cc1cccc(C(N)C(C)C)n1.Cl. The summed E-state index contributed by atoms with van der Waals surface area (Å²) in [5, 5.41) is 0. The van der Waals surface area contributed by atoms with Gasteiger partial charge in [0.05, 0.1) is 5.69 Å². The predicted octanol–water partition coefficient (Wildman–Crippen LogP) is 2.47. The van der Waals surface area contributed by atoms with E-state index < -0.39 is 0 Å². The van der Waals surface area contributed by atoms with E-state index in [1.165, 1.54) is 0 Å². The number of nitrogens with zero attached hydrogens (tertiary/aromatic N) is 1. The van der Waals surface area contributed by atoms with Crippen molar-refractivity contribution in [2.24, 2.45) is 11.7 Å². The molecule has 0 amide bonds. The zero-order valence-corrected chi connectivity index (χ0v) is 9.14. The van der Waals surface area contributed by atoms with Crippen LogP contribution in [-0.2, 0) is 0 Å². The second-order valence-corrected chi connectivity index (χ2v) is 3.47. The molecule has 1 unspecified atom stereocenters. The van der Waals surface area contributed by atoms with Crippen molar-refractivity contribution < 1.29 is 0 Å². The molecule has 1 rings (SSSR count). The summed E-state index contributed by atoms with van der Waals surface area (Å²) >= 11 is 0. The van der Waals surface area contributed by atoms with Crippen LogP contribution >= 0.6 is 12.4 Å². The minimum atomic E-state index is 0. The number of hydrogen-bond acceptors (Lipinski definition) is 2. The van der Waals surface area contributed by atoms with Crippen molar-refractivity contribution in [1.82, 2.24) is 4.98 Å². The van der Waals surface area contributed by atoms with Crippen molar-refractivity contribution in [3.05, 3.63) is 29.6 Å². The molecule has 0 aliphatic carbocycles. The molecule has 1 aromatic rings. The lowest BCUT2D eigenvalue weighted by molar-refractivity contribution is 0.502. The maximum atomic E-state index is 5.94. The molecule has 0 aliphatic heterocycles. The molecule has 1 atom stereocenters. The third kappa shape index (κ3) is 3.33. The van der Waals surface area contributed by atoms with Gasteiger partial charge in [0.1, 0.15) is 0 Å².